The lowest BCUT2D eigenvalue weighted by Gasteiger charge is -2.60. The van der Waals surface area contributed by atoms with E-state index in [9.17, 15) is 19.5 Å². The summed E-state index contributed by atoms with van der Waals surface area (Å²) in [5.74, 6) is -0.299. The zero-order valence-corrected chi connectivity index (χ0v) is 20.8. The lowest BCUT2D eigenvalue weighted by molar-refractivity contribution is -0.215. The predicted molar refractivity (Wildman–Crippen MR) is 125 cm³/mol. The van der Waals surface area contributed by atoms with Gasteiger partial charge in [-0.25, -0.2) is 0 Å². The summed E-state index contributed by atoms with van der Waals surface area (Å²) in [7, 11) is 1.52. The number of hydrogen-bond acceptors (Lipinski definition) is 7. The number of carbonyl (C=O) groups is 3. The van der Waals surface area contributed by atoms with Crippen molar-refractivity contribution >= 4 is 17.5 Å². The van der Waals surface area contributed by atoms with Crippen LogP contribution in [0.5, 0.6) is 0 Å². The number of fused-ring (bicyclic) bond motifs is 5. The molecule has 4 aliphatic rings. The Bertz CT molecular complexity index is 907. The van der Waals surface area contributed by atoms with Gasteiger partial charge in [0.2, 0.25) is 5.78 Å². The Morgan fingerprint density at radius 2 is 2.00 bits per heavy atom. The monoisotopic (exact) mass is 474 g/mol. The van der Waals surface area contributed by atoms with E-state index in [-0.39, 0.29) is 60.5 Å². The minimum absolute atomic E-state index is 0.0112. The average Bonchev–Trinajstić information content (AvgIpc) is 3.09. The van der Waals surface area contributed by atoms with E-state index in [1.807, 2.05) is 13.0 Å². The molecule has 7 heteroatoms. The van der Waals surface area contributed by atoms with Gasteiger partial charge in [0.15, 0.2) is 12.4 Å². The zero-order chi connectivity index (χ0) is 24.7. The second kappa shape index (κ2) is 9.32. The first-order valence-corrected chi connectivity index (χ1v) is 12.6. The lowest BCUT2D eigenvalue weighted by Crippen LogP contribution is -2.62. The van der Waals surface area contributed by atoms with Gasteiger partial charge in [-0.15, -0.1) is 0 Å². The molecular weight excluding hydrogens is 436 g/mol. The molecular formula is C27H38O7. The van der Waals surface area contributed by atoms with Crippen LogP contribution in [0.1, 0.15) is 65.7 Å². The predicted octanol–water partition coefficient (Wildman–Crippen LogP) is 3.54. The Hall–Kier alpha value is -1.83. The summed E-state index contributed by atoms with van der Waals surface area (Å²) in [6.07, 6.45) is 8.99. The number of carbonyl (C=O) groups excluding carboxylic acids is 3. The molecule has 0 amide bonds. The van der Waals surface area contributed by atoms with Crippen molar-refractivity contribution in [3.63, 3.8) is 0 Å². The molecule has 0 radical (unpaired) electrons. The van der Waals surface area contributed by atoms with E-state index in [1.54, 1.807) is 12.2 Å². The number of ether oxygens (including phenoxy) is 3. The van der Waals surface area contributed by atoms with Crippen LogP contribution in [0.15, 0.2) is 23.8 Å². The van der Waals surface area contributed by atoms with Crippen molar-refractivity contribution in [1.82, 2.24) is 0 Å². The molecule has 0 aliphatic heterocycles. The lowest BCUT2D eigenvalue weighted by atomic mass is 9.46. The molecule has 3 saturated carbocycles. The molecule has 4 aliphatic carbocycles. The van der Waals surface area contributed by atoms with Gasteiger partial charge in [-0.05, 0) is 62.5 Å². The van der Waals surface area contributed by atoms with Crippen LogP contribution in [-0.2, 0) is 28.6 Å². The van der Waals surface area contributed by atoms with Crippen LogP contribution in [0.4, 0.5) is 0 Å². The van der Waals surface area contributed by atoms with Crippen molar-refractivity contribution in [1.29, 1.82) is 0 Å². The van der Waals surface area contributed by atoms with Crippen molar-refractivity contribution < 1.29 is 33.7 Å². The fraction of sp³-hybridized carbons (Fsp3) is 0.741. The third-order valence-electron chi connectivity index (χ3n) is 9.31. The highest BCUT2D eigenvalue weighted by atomic mass is 16.7. The molecule has 3 fully saturated rings. The van der Waals surface area contributed by atoms with Crippen LogP contribution in [0.3, 0.4) is 0 Å². The summed E-state index contributed by atoms with van der Waals surface area (Å²) in [5, 5.41) is 11.6. The van der Waals surface area contributed by atoms with Crippen molar-refractivity contribution in [2.75, 3.05) is 20.5 Å². The third-order valence-corrected chi connectivity index (χ3v) is 9.31. The topological polar surface area (TPSA) is 99.1 Å². The first-order valence-electron chi connectivity index (χ1n) is 12.6. The number of aliphatic hydroxyl groups is 1. The normalized spacial score (nSPS) is 40.7. The molecule has 0 bridgehead atoms. The van der Waals surface area contributed by atoms with Crippen LogP contribution in [-0.4, -0.2) is 54.9 Å². The van der Waals surface area contributed by atoms with E-state index in [2.05, 4.69) is 13.8 Å². The number of hydrogen-bond donors (Lipinski definition) is 1. The van der Waals surface area contributed by atoms with E-state index in [4.69, 9.17) is 14.2 Å². The Kier molecular flexibility index (Phi) is 6.93. The zero-order valence-electron chi connectivity index (χ0n) is 20.8. The summed E-state index contributed by atoms with van der Waals surface area (Å²) in [5.41, 5.74) is -1.06. The maximum Gasteiger partial charge on any atom is 0.306 e. The molecule has 0 aromatic heterocycles. The largest absolute Gasteiger partial charge is 0.458 e. The standard InChI is InChI=1S/C27H38O7/c1-5-6-23(31)33-15-22(30)27(34-16-32-4)12-10-20-19-8-7-17-13-18(28)9-11-25(17,2)24(19)21(29)14-26(20,27)3/h9,11,13,19-21,24,29H,5-8,10,12,14-16H2,1-4H3/t19-,20-,21?,24+,25-,26-,27-/m0/s1. The number of allylic oxidation sites excluding steroid dienone is 4. The molecule has 7 nitrogen and oxygen atoms in total. The highest BCUT2D eigenvalue weighted by molar-refractivity contribution is 6.01. The SMILES string of the molecule is CCCC(=O)OCC(=O)[C@@]1(OCOC)CC[C@H]2[C@@H]3CCC4=CC(=O)C=C[C@]4(C)[C@H]3C(O)C[C@@]21C. The second-order valence-electron chi connectivity index (χ2n) is 11.0. The molecule has 0 aromatic carbocycles. The average molecular weight is 475 g/mol. The van der Waals surface area contributed by atoms with Gasteiger partial charge in [-0.2, -0.15) is 0 Å². The molecule has 188 valence electrons. The summed E-state index contributed by atoms with van der Waals surface area (Å²) >= 11 is 0. The van der Waals surface area contributed by atoms with E-state index in [0.717, 1.165) is 24.8 Å². The first kappa shape index (κ1) is 25.3. The third kappa shape index (κ3) is 3.80. The number of rotatable bonds is 8. The highest BCUT2D eigenvalue weighted by Crippen LogP contribution is 2.67. The fourth-order valence-corrected chi connectivity index (χ4v) is 7.79. The minimum atomic E-state index is -1.18. The van der Waals surface area contributed by atoms with Gasteiger partial charge in [-0.3, -0.25) is 14.4 Å². The molecule has 0 aromatic rings. The van der Waals surface area contributed by atoms with Gasteiger partial charge < -0.3 is 19.3 Å². The molecule has 0 saturated heterocycles. The summed E-state index contributed by atoms with van der Waals surface area (Å²) in [6.45, 7) is 5.70. The van der Waals surface area contributed by atoms with Crippen LogP contribution in [0.2, 0.25) is 0 Å². The quantitative estimate of drug-likeness (QED) is 0.424. The number of Topliss-reactive ketones (excluding diaryl/α,β-unsaturated/α-hetero) is 1. The van der Waals surface area contributed by atoms with E-state index < -0.39 is 17.1 Å². The number of aliphatic hydroxyl groups excluding tert-OH is 1. The molecule has 4 rings (SSSR count). The summed E-state index contributed by atoms with van der Waals surface area (Å²) in [6, 6.07) is 0. The van der Waals surface area contributed by atoms with Gasteiger partial charge in [-0.1, -0.05) is 32.4 Å². The van der Waals surface area contributed by atoms with Crippen molar-refractivity contribution in [2.24, 2.45) is 28.6 Å². The maximum absolute atomic E-state index is 13.6. The second-order valence-corrected chi connectivity index (χ2v) is 11.0. The minimum Gasteiger partial charge on any atom is -0.458 e. The molecule has 0 heterocycles. The van der Waals surface area contributed by atoms with E-state index in [0.29, 0.717) is 19.3 Å². The number of methoxy groups -OCH3 is 1. The number of ketones is 2. The van der Waals surface area contributed by atoms with E-state index >= 15 is 0 Å². The smallest absolute Gasteiger partial charge is 0.306 e. The molecule has 1 unspecified atom stereocenters. The highest BCUT2D eigenvalue weighted by Gasteiger charge is 2.69. The molecule has 0 spiro atoms. The molecule has 1 N–H and O–H groups in total. The Morgan fingerprint density at radius 3 is 2.71 bits per heavy atom. The molecule has 34 heavy (non-hydrogen) atoms. The van der Waals surface area contributed by atoms with Gasteiger partial charge in [0.05, 0.1) is 6.10 Å². The Balaban J connectivity index is 1.65. The first-order chi connectivity index (χ1) is 16.1. The summed E-state index contributed by atoms with van der Waals surface area (Å²) in [4.78, 5) is 37.6. The van der Waals surface area contributed by atoms with Gasteiger partial charge >= 0.3 is 5.97 Å². The van der Waals surface area contributed by atoms with Gasteiger partial charge in [0.1, 0.15) is 12.4 Å². The van der Waals surface area contributed by atoms with Crippen LogP contribution >= 0.6 is 0 Å². The van der Waals surface area contributed by atoms with Gasteiger partial charge in [0.25, 0.3) is 0 Å². The number of esters is 1. The van der Waals surface area contributed by atoms with Crippen LogP contribution in [0.25, 0.3) is 0 Å². The fourth-order valence-electron chi connectivity index (χ4n) is 7.79. The van der Waals surface area contributed by atoms with Crippen molar-refractivity contribution in [2.45, 2.75) is 77.4 Å². The van der Waals surface area contributed by atoms with Crippen LogP contribution < -0.4 is 0 Å². The maximum atomic E-state index is 13.6. The Labute approximate surface area is 201 Å². The van der Waals surface area contributed by atoms with Gasteiger partial charge in [0, 0.05) is 30.3 Å². The van der Waals surface area contributed by atoms with Crippen molar-refractivity contribution in [3.05, 3.63) is 23.8 Å². The molecule has 7 atom stereocenters. The van der Waals surface area contributed by atoms with Crippen LogP contribution in [0, 0.1) is 28.6 Å². The summed E-state index contributed by atoms with van der Waals surface area (Å²) < 4.78 is 16.7. The Morgan fingerprint density at radius 1 is 1.24 bits per heavy atom. The van der Waals surface area contributed by atoms with Crippen molar-refractivity contribution in [3.8, 4) is 0 Å². The van der Waals surface area contributed by atoms with E-state index in [1.165, 1.54) is 7.11 Å².